The summed E-state index contributed by atoms with van der Waals surface area (Å²) < 4.78 is 1.80. The highest BCUT2D eigenvalue weighted by molar-refractivity contribution is 5.55. The Labute approximate surface area is 113 Å². The number of rotatable bonds is 3. The van der Waals surface area contributed by atoms with Crippen LogP contribution in [0.4, 0.5) is 5.69 Å². The minimum atomic E-state index is 0.0138. The summed E-state index contributed by atoms with van der Waals surface area (Å²) in [7, 11) is 1.92. The molecule has 2 N–H and O–H groups in total. The molecule has 1 atom stereocenters. The lowest BCUT2D eigenvalue weighted by Crippen LogP contribution is -2.35. The van der Waals surface area contributed by atoms with Gasteiger partial charge in [-0.05, 0) is 24.5 Å². The Morgan fingerprint density at radius 3 is 3.00 bits per heavy atom. The van der Waals surface area contributed by atoms with Crippen molar-refractivity contribution >= 4 is 5.69 Å². The molecule has 0 saturated carbocycles. The second-order valence-electron chi connectivity index (χ2n) is 5.23. The van der Waals surface area contributed by atoms with Crippen molar-refractivity contribution in [1.82, 2.24) is 9.78 Å². The minimum absolute atomic E-state index is 0.0138. The molecule has 0 bridgehead atoms. The van der Waals surface area contributed by atoms with Crippen LogP contribution in [0.2, 0.25) is 0 Å². The van der Waals surface area contributed by atoms with E-state index in [9.17, 15) is 0 Å². The van der Waals surface area contributed by atoms with E-state index in [1.807, 2.05) is 19.4 Å². The number of hydrogen-bond donors (Lipinski definition) is 1. The number of para-hydroxylation sites is 1. The Morgan fingerprint density at radius 2 is 2.21 bits per heavy atom. The minimum Gasteiger partial charge on any atom is -0.369 e. The molecule has 1 aromatic heterocycles. The molecule has 1 aliphatic heterocycles. The fourth-order valence-electron chi connectivity index (χ4n) is 2.78. The molecular formula is C15H20N4. The Bertz CT molecular complexity index is 561. The molecule has 19 heavy (non-hydrogen) atoms. The van der Waals surface area contributed by atoms with Crippen molar-refractivity contribution in [3.63, 3.8) is 0 Å². The van der Waals surface area contributed by atoms with Crippen molar-refractivity contribution in [2.75, 3.05) is 18.0 Å². The molecule has 100 valence electrons. The van der Waals surface area contributed by atoms with Gasteiger partial charge in [0.05, 0.1) is 12.2 Å². The number of aromatic nitrogens is 2. The molecule has 2 heterocycles. The Hall–Kier alpha value is -1.81. The lowest BCUT2D eigenvalue weighted by Gasteiger charge is -2.33. The summed E-state index contributed by atoms with van der Waals surface area (Å²) in [5.41, 5.74) is 10.2. The first-order valence-corrected chi connectivity index (χ1v) is 6.81. The predicted molar refractivity (Wildman–Crippen MR) is 77.1 cm³/mol. The average molecular weight is 256 g/mol. The number of aryl methyl sites for hydroxylation is 2. The topological polar surface area (TPSA) is 47.1 Å². The van der Waals surface area contributed by atoms with Crippen molar-refractivity contribution in [1.29, 1.82) is 0 Å². The third-order valence-electron chi connectivity index (χ3n) is 3.78. The maximum absolute atomic E-state index is 6.30. The lowest BCUT2D eigenvalue weighted by molar-refractivity contribution is 0.625. The molecular weight excluding hydrogens is 236 g/mol. The van der Waals surface area contributed by atoms with Gasteiger partial charge in [-0.15, -0.1) is 0 Å². The molecule has 4 nitrogen and oxygen atoms in total. The van der Waals surface area contributed by atoms with Crippen molar-refractivity contribution < 1.29 is 0 Å². The zero-order valence-corrected chi connectivity index (χ0v) is 11.3. The predicted octanol–water partition coefficient (Wildman–Crippen LogP) is 1.87. The first kappa shape index (κ1) is 12.2. The van der Waals surface area contributed by atoms with E-state index in [-0.39, 0.29) is 6.04 Å². The van der Waals surface area contributed by atoms with Gasteiger partial charge in [0.1, 0.15) is 0 Å². The van der Waals surface area contributed by atoms with Gasteiger partial charge < -0.3 is 10.6 Å². The van der Waals surface area contributed by atoms with Crippen LogP contribution in [-0.2, 0) is 13.5 Å². The summed E-state index contributed by atoms with van der Waals surface area (Å²) in [4.78, 5) is 2.40. The summed E-state index contributed by atoms with van der Waals surface area (Å²) in [5, 5.41) is 4.19. The molecule has 0 amide bonds. The van der Waals surface area contributed by atoms with Gasteiger partial charge >= 0.3 is 0 Å². The van der Waals surface area contributed by atoms with Gasteiger partial charge in [-0.25, -0.2) is 0 Å². The monoisotopic (exact) mass is 256 g/mol. The van der Waals surface area contributed by atoms with Gasteiger partial charge in [0.15, 0.2) is 0 Å². The van der Waals surface area contributed by atoms with E-state index in [4.69, 9.17) is 5.73 Å². The summed E-state index contributed by atoms with van der Waals surface area (Å²) in [6, 6.07) is 8.65. The highest BCUT2D eigenvalue weighted by Crippen LogP contribution is 2.27. The van der Waals surface area contributed by atoms with Crippen LogP contribution in [0.25, 0.3) is 0 Å². The highest BCUT2D eigenvalue weighted by Gasteiger charge is 2.19. The third kappa shape index (κ3) is 2.49. The molecule has 3 rings (SSSR count). The fraction of sp³-hybridized carbons (Fsp3) is 0.400. The molecule has 0 saturated heterocycles. The van der Waals surface area contributed by atoms with E-state index in [2.05, 4.69) is 34.3 Å². The molecule has 0 fully saturated rings. The zero-order chi connectivity index (χ0) is 13.2. The molecule has 0 aliphatic carbocycles. The van der Waals surface area contributed by atoms with Crippen LogP contribution in [0.5, 0.6) is 0 Å². The van der Waals surface area contributed by atoms with Crippen molar-refractivity contribution in [3.05, 3.63) is 47.8 Å². The van der Waals surface area contributed by atoms with Crippen LogP contribution in [0.1, 0.15) is 23.6 Å². The van der Waals surface area contributed by atoms with E-state index >= 15 is 0 Å². The summed E-state index contributed by atoms with van der Waals surface area (Å²) in [6.45, 7) is 1.94. The normalized spacial score (nSPS) is 16.2. The van der Waals surface area contributed by atoms with Crippen LogP contribution < -0.4 is 10.6 Å². The smallest absolute Gasteiger partial charge is 0.0538 e. The van der Waals surface area contributed by atoms with Gasteiger partial charge in [0.25, 0.3) is 0 Å². The van der Waals surface area contributed by atoms with Crippen LogP contribution in [0.3, 0.4) is 0 Å². The SMILES string of the molecule is Cn1cc(C(N)CN2CCCc3ccccc32)cn1. The van der Waals surface area contributed by atoms with Crippen LogP contribution in [-0.4, -0.2) is 22.9 Å². The second kappa shape index (κ2) is 5.05. The van der Waals surface area contributed by atoms with E-state index in [0.717, 1.165) is 18.7 Å². The third-order valence-corrected chi connectivity index (χ3v) is 3.78. The van der Waals surface area contributed by atoms with Gasteiger partial charge in [0, 0.05) is 37.6 Å². The Morgan fingerprint density at radius 1 is 1.37 bits per heavy atom. The number of anilines is 1. The first-order valence-electron chi connectivity index (χ1n) is 6.81. The Balaban J connectivity index is 1.77. The van der Waals surface area contributed by atoms with Crippen LogP contribution >= 0.6 is 0 Å². The van der Waals surface area contributed by atoms with Crippen molar-refractivity contribution in [2.45, 2.75) is 18.9 Å². The first-order chi connectivity index (χ1) is 9.24. The molecule has 0 radical (unpaired) electrons. The number of nitrogens with two attached hydrogens (primary N) is 1. The molecule has 1 unspecified atom stereocenters. The number of nitrogens with zero attached hydrogens (tertiary/aromatic N) is 3. The van der Waals surface area contributed by atoms with Gasteiger partial charge in [-0.3, -0.25) is 4.68 Å². The average Bonchev–Trinajstić information content (AvgIpc) is 2.86. The lowest BCUT2D eigenvalue weighted by atomic mass is 10.0. The maximum atomic E-state index is 6.30. The van der Waals surface area contributed by atoms with E-state index in [0.29, 0.717) is 0 Å². The largest absolute Gasteiger partial charge is 0.369 e. The second-order valence-corrected chi connectivity index (χ2v) is 5.23. The van der Waals surface area contributed by atoms with Crippen molar-refractivity contribution in [2.24, 2.45) is 12.8 Å². The molecule has 0 spiro atoms. The van der Waals surface area contributed by atoms with Gasteiger partial charge in [0.2, 0.25) is 0 Å². The van der Waals surface area contributed by atoms with Crippen molar-refractivity contribution in [3.8, 4) is 0 Å². The van der Waals surface area contributed by atoms with Gasteiger partial charge in [-0.2, -0.15) is 5.10 Å². The van der Waals surface area contributed by atoms with Crippen LogP contribution in [0, 0.1) is 0 Å². The van der Waals surface area contributed by atoms with E-state index < -0.39 is 0 Å². The van der Waals surface area contributed by atoms with Crippen LogP contribution in [0.15, 0.2) is 36.7 Å². The Kier molecular flexibility index (Phi) is 3.25. The van der Waals surface area contributed by atoms with Gasteiger partial charge in [-0.1, -0.05) is 18.2 Å². The standard InChI is InChI=1S/C15H20N4/c1-18-10-13(9-17-18)14(16)11-19-8-4-6-12-5-2-3-7-15(12)19/h2-3,5,7,9-10,14H,4,6,8,11,16H2,1H3. The summed E-state index contributed by atoms with van der Waals surface area (Å²) >= 11 is 0. The molecule has 2 aromatic rings. The molecule has 1 aromatic carbocycles. The highest BCUT2D eigenvalue weighted by atomic mass is 15.2. The molecule has 1 aliphatic rings. The summed E-state index contributed by atoms with van der Waals surface area (Å²) in [6.07, 6.45) is 6.24. The van der Waals surface area contributed by atoms with E-state index in [1.54, 1.807) is 4.68 Å². The quantitative estimate of drug-likeness (QED) is 0.912. The molecule has 4 heteroatoms. The number of benzene rings is 1. The fourth-order valence-corrected chi connectivity index (χ4v) is 2.78. The zero-order valence-electron chi connectivity index (χ0n) is 11.3. The number of hydrogen-bond acceptors (Lipinski definition) is 3. The summed E-state index contributed by atoms with van der Waals surface area (Å²) in [5.74, 6) is 0. The van der Waals surface area contributed by atoms with E-state index in [1.165, 1.54) is 24.1 Å². The maximum Gasteiger partial charge on any atom is 0.0538 e. The number of fused-ring (bicyclic) bond motifs is 1.